The predicted octanol–water partition coefficient (Wildman–Crippen LogP) is 2.61. The van der Waals surface area contributed by atoms with Gasteiger partial charge in [0.05, 0.1) is 22.3 Å². The van der Waals surface area contributed by atoms with E-state index in [9.17, 15) is 10.1 Å². The molecule has 0 aliphatic heterocycles. The maximum atomic E-state index is 10.8. The van der Waals surface area contributed by atoms with Crippen molar-refractivity contribution in [1.82, 2.24) is 9.55 Å². The number of nitrogens with one attached hydrogen (secondary N) is 1. The first kappa shape index (κ1) is 15.2. The van der Waals surface area contributed by atoms with Crippen LogP contribution in [0.5, 0.6) is 0 Å². The molecule has 0 fully saturated rings. The third-order valence-electron chi connectivity index (χ3n) is 3.53. The SMILES string of the molecule is Cn1c(/C(C#N)=N\Nc2ccc(C(=O)O)cc2)nc2ccccc21. The Morgan fingerprint density at radius 2 is 1.96 bits per heavy atom. The van der Waals surface area contributed by atoms with Crippen molar-refractivity contribution in [3.8, 4) is 6.07 Å². The van der Waals surface area contributed by atoms with E-state index in [1.54, 1.807) is 16.7 Å². The molecule has 2 aromatic carbocycles. The van der Waals surface area contributed by atoms with Gasteiger partial charge in [-0.1, -0.05) is 12.1 Å². The molecular formula is C17H13N5O2. The number of carboxylic acids is 1. The zero-order valence-electron chi connectivity index (χ0n) is 12.8. The lowest BCUT2D eigenvalue weighted by Crippen LogP contribution is -2.09. The van der Waals surface area contributed by atoms with Crippen LogP contribution in [-0.4, -0.2) is 26.3 Å². The van der Waals surface area contributed by atoms with E-state index < -0.39 is 5.97 Å². The molecule has 0 amide bonds. The molecule has 0 atom stereocenters. The summed E-state index contributed by atoms with van der Waals surface area (Å²) in [7, 11) is 1.82. The van der Waals surface area contributed by atoms with Crippen molar-refractivity contribution in [1.29, 1.82) is 5.26 Å². The van der Waals surface area contributed by atoms with E-state index in [1.165, 1.54) is 12.1 Å². The Kier molecular flexibility index (Phi) is 3.95. The molecule has 0 bridgehead atoms. The van der Waals surface area contributed by atoms with Crippen molar-refractivity contribution < 1.29 is 9.90 Å². The van der Waals surface area contributed by atoms with E-state index in [1.807, 2.05) is 37.4 Å². The van der Waals surface area contributed by atoms with Gasteiger partial charge in [-0.3, -0.25) is 5.43 Å². The Morgan fingerprint density at radius 1 is 1.25 bits per heavy atom. The number of nitrogens with zero attached hydrogens (tertiary/aromatic N) is 4. The standard InChI is InChI=1S/C17H13N5O2/c1-22-15-5-3-2-4-13(15)19-16(22)14(10-18)21-20-12-8-6-11(7-9-12)17(23)24/h2-9,20H,1H3,(H,23,24)/b21-14-. The van der Waals surface area contributed by atoms with Crippen LogP contribution in [0.1, 0.15) is 16.2 Å². The number of imidazole rings is 1. The maximum Gasteiger partial charge on any atom is 0.335 e. The van der Waals surface area contributed by atoms with Crippen molar-refractivity contribution in [2.24, 2.45) is 12.1 Å². The van der Waals surface area contributed by atoms with Gasteiger partial charge in [0.15, 0.2) is 5.82 Å². The number of aryl methyl sites for hydroxylation is 1. The molecule has 118 valence electrons. The van der Waals surface area contributed by atoms with Crippen molar-refractivity contribution >= 4 is 28.4 Å². The second-order valence-electron chi connectivity index (χ2n) is 5.05. The number of aromatic nitrogens is 2. The highest BCUT2D eigenvalue weighted by Crippen LogP contribution is 2.15. The Labute approximate surface area is 137 Å². The molecule has 0 saturated carbocycles. The summed E-state index contributed by atoms with van der Waals surface area (Å²) in [6, 6.07) is 15.7. The van der Waals surface area contributed by atoms with Crippen LogP contribution >= 0.6 is 0 Å². The molecule has 7 nitrogen and oxygen atoms in total. The van der Waals surface area contributed by atoms with E-state index in [4.69, 9.17) is 5.11 Å². The van der Waals surface area contributed by atoms with Crippen molar-refractivity contribution in [2.45, 2.75) is 0 Å². The average molecular weight is 319 g/mol. The van der Waals surface area contributed by atoms with Gasteiger partial charge >= 0.3 is 5.97 Å². The van der Waals surface area contributed by atoms with Gasteiger partial charge in [-0.2, -0.15) is 10.4 Å². The number of benzene rings is 2. The fraction of sp³-hybridized carbons (Fsp3) is 0.0588. The Morgan fingerprint density at radius 3 is 2.58 bits per heavy atom. The van der Waals surface area contributed by atoms with Gasteiger partial charge in [-0.05, 0) is 36.4 Å². The number of anilines is 1. The fourth-order valence-electron chi connectivity index (χ4n) is 2.29. The average Bonchev–Trinajstić information content (AvgIpc) is 2.93. The summed E-state index contributed by atoms with van der Waals surface area (Å²) in [6.07, 6.45) is 0. The number of hydrazone groups is 1. The minimum Gasteiger partial charge on any atom is -0.478 e. The summed E-state index contributed by atoms with van der Waals surface area (Å²) in [5.74, 6) is -0.546. The summed E-state index contributed by atoms with van der Waals surface area (Å²) >= 11 is 0. The lowest BCUT2D eigenvalue weighted by molar-refractivity contribution is 0.0697. The third kappa shape index (κ3) is 2.80. The zero-order valence-corrected chi connectivity index (χ0v) is 12.8. The molecular weight excluding hydrogens is 306 g/mol. The first-order valence-electron chi connectivity index (χ1n) is 7.09. The number of hydrogen-bond acceptors (Lipinski definition) is 5. The minimum atomic E-state index is -0.998. The van der Waals surface area contributed by atoms with E-state index in [-0.39, 0.29) is 11.3 Å². The summed E-state index contributed by atoms with van der Waals surface area (Å²) in [4.78, 5) is 15.3. The molecule has 0 spiro atoms. The number of nitriles is 1. The molecule has 3 rings (SSSR count). The van der Waals surface area contributed by atoms with Crippen LogP contribution in [0.2, 0.25) is 0 Å². The van der Waals surface area contributed by atoms with Gasteiger partial charge in [-0.15, -0.1) is 0 Å². The Balaban J connectivity index is 1.90. The number of hydrogen-bond donors (Lipinski definition) is 2. The van der Waals surface area contributed by atoms with Crippen LogP contribution in [0.25, 0.3) is 11.0 Å². The lowest BCUT2D eigenvalue weighted by atomic mass is 10.2. The van der Waals surface area contributed by atoms with Crippen LogP contribution in [0.3, 0.4) is 0 Å². The van der Waals surface area contributed by atoms with Crippen molar-refractivity contribution in [3.63, 3.8) is 0 Å². The summed E-state index contributed by atoms with van der Waals surface area (Å²) < 4.78 is 1.80. The smallest absolute Gasteiger partial charge is 0.335 e. The van der Waals surface area contributed by atoms with Crippen LogP contribution < -0.4 is 5.43 Å². The van der Waals surface area contributed by atoms with Crippen molar-refractivity contribution in [2.75, 3.05) is 5.43 Å². The molecule has 0 aliphatic carbocycles. The predicted molar refractivity (Wildman–Crippen MR) is 89.9 cm³/mol. The molecule has 0 unspecified atom stereocenters. The number of rotatable bonds is 4. The number of fused-ring (bicyclic) bond motifs is 1. The molecule has 2 N–H and O–H groups in total. The molecule has 3 aromatic rings. The van der Waals surface area contributed by atoms with E-state index in [0.717, 1.165) is 11.0 Å². The lowest BCUT2D eigenvalue weighted by Gasteiger charge is -2.03. The second-order valence-corrected chi connectivity index (χ2v) is 5.05. The van der Waals surface area contributed by atoms with Gasteiger partial charge in [0.1, 0.15) is 6.07 Å². The number of carboxylic acid groups (broad SMARTS) is 1. The summed E-state index contributed by atoms with van der Waals surface area (Å²) in [5, 5.41) is 22.3. The normalized spacial score (nSPS) is 11.2. The maximum absolute atomic E-state index is 10.8. The highest BCUT2D eigenvalue weighted by molar-refractivity contribution is 6.11. The Hall–Kier alpha value is -3.66. The monoisotopic (exact) mass is 319 g/mol. The molecule has 0 radical (unpaired) electrons. The first-order chi connectivity index (χ1) is 11.6. The molecule has 1 aromatic heterocycles. The molecule has 1 heterocycles. The molecule has 7 heteroatoms. The van der Waals surface area contributed by atoms with Crippen LogP contribution in [0.15, 0.2) is 53.6 Å². The van der Waals surface area contributed by atoms with Gasteiger partial charge < -0.3 is 9.67 Å². The number of aromatic carboxylic acids is 1. The van der Waals surface area contributed by atoms with Crippen LogP contribution in [0.4, 0.5) is 5.69 Å². The van der Waals surface area contributed by atoms with Crippen molar-refractivity contribution in [3.05, 3.63) is 59.9 Å². The quantitative estimate of drug-likeness (QED) is 0.568. The zero-order chi connectivity index (χ0) is 17.1. The Bertz CT molecular complexity index is 980. The topological polar surface area (TPSA) is 103 Å². The fourth-order valence-corrected chi connectivity index (χ4v) is 2.29. The largest absolute Gasteiger partial charge is 0.478 e. The molecule has 0 saturated heterocycles. The van der Waals surface area contributed by atoms with Crippen LogP contribution in [0, 0.1) is 11.3 Å². The summed E-state index contributed by atoms with van der Waals surface area (Å²) in [5.41, 5.74) is 5.33. The van der Waals surface area contributed by atoms with Gasteiger partial charge in [0.2, 0.25) is 5.71 Å². The summed E-state index contributed by atoms with van der Waals surface area (Å²) in [6.45, 7) is 0. The van der Waals surface area contributed by atoms with E-state index in [2.05, 4.69) is 15.5 Å². The van der Waals surface area contributed by atoms with Gasteiger partial charge in [0.25, 0.3) is 0 Å². The molecule has 24 heavy (non-hydrogen) atoms. The molecule has 0 aliphatic rings. The highest BCUT2D eigenvalue weighted by Gasteiger charge is 2.13. The third-order valence-corrected chi connectivity index (χ3v) is 3.53. The van der Waals surface area contributed by atoms with Gasteiger partial charge in [-0.25, -0.2) is 9.78 Å². The van der Waals surface area contributed by atoms with Crippen LogP contribution in [-0.2, 0) is 7.05 Å². The van der Waals surface area contributed by atoms with Gasteiger partial charge in [0, 0.05) is 7.05 Å². The van der Waals surface area contributed by atoms with E-state index in [0.29, 0.717) is 11.5 Å². The first-order valence-corrected chi connectivity index (χ1v) is 7.09. The van der Waals surface area contributed by atoms with E-state index >= 15 is 0 Å². The minimum absolute atomic E-state index is 0.135. The second kappa shape index (κ2) is 6.22. The number of para-hydroxylation sites is 2. The number of carbonyl (C=O) groups is 1. The highest BCUT2D eigenvalue weighted by atomic mass is 16.4.